The molecule has 8 heteroatoms. The van der Waals surface area contributed by atoms with Crippen molar-refractivity contribution >= 4 is 40.1 Å². The van der Waals surface area contributed by atoms with Crippen LogP contribution in [0, 0.1) is 0 Å². The molecule has 1 atom stereocenters. The van der Waals surface area contributed by atoms with E-state index in [4.69, 9.17) is 0 Å². The van der Waals surface area contributed by atoms with Crippen molar-refractivity contribution < 1.29 is 14.4 Å². The summed E-state index contributed by atoms with van der Waals surface area (Å²) in [4.78, 5) is 44.8. The summed E-state index contributed by atoms with van der Waals surface area (Å²) < 4.78 is 0. The highest BCUT2D eigenvalue weighted by Gasteiger charge is 2.39. The van der Waals surface area contributed by atoms with Crippen molar-refractivity contribution in [1.29, 1.82) is 0 Å². The molecule has 1 aromatic carbocycles. The Morgan fingerprint density at radius 2 is 2.03 bits per heavy atom. The number of aromatic amines is 1. The number of likely N-dealkylation sites (N-methyl/N-ethyl adjacent to an activating group) is 1. The number of nitrogens with zero attached hydrogens (tertiary/aromatic N) is 2. The standard InChI is InChI=1S/C21H22N4O3S/c1-2-24(12-15-6-5-9-29-15)19(26)13-25-20(27)18(23-21(25)28)10-14-11-22-17-8-4-3-7-16(14)17/h3-9,11,18,22H,2,10,12-13H2,1H3,(H,23,28). The predicted octanol–water partition coefficient (Wildman–Crippen LogP) is 2.74. The van der Waals surface area contributed by atoms with Gasteiger partial charge in [0.15, 0.2) is 0 Å². The third-order valence-corrected chi connectivity index (χ3v) is 6.02. The summed E-state index contributed by atoms with van der Waals surface area (Å²) in [6.07, 6.45) is 2.24. The molecule has 4 amide bonds. The number of amides is 4. The van der Waals surface area contributed by atoms with Gasteiger partial charge in [0.2, 0.25) is 5.91 Å². The normalized spacial score (nSPS) is 16.4. The molecule has 0 spiro atoms. The number of aromatic nitrogens is 1. The minimum Gasteiger partial charge on any atom is -0.361 e. The number of carbonyl (C=O) groups excluding carboxylic acids is 3. The number of benzene rings is 1. The van der Waals surface area contributed by atoms with E-state index < -0.39 is 12.1 Å². The smallest absolute Gasteiger partial charge is 0.325 e. The van der Waals surface area contributed by atoms with Crippen LogP contribution in [0.4, 0.5) is 4.79 Å². The summed E-state index contributed by atoms with van der Waals surface area (Å²) in [7, 11) is 0. The van der Waals surface area contributed by atoms with Gasteiger partial charge in [0.05, 0.1) is 6.54 Å². The van der Waals surface area contributed by atoms with Gasteiger partial charge in [-0.2, -0.15) is 0 Å². The van der Waals surface area contributed by atoms with E-state index in [1.165, 1.54) is 0 Å². The minimum atomic E-state index is -0.665. The molecule has 0 radical (unpaired) electrons. The van der Waals surface area contributed by atoms with E-state index in [1.54, 1.807) is 16.2 Å². The fourth-order valence-electron chi connectivity index (χ4n) is 3.59. The number of fused-ring (bicyclic) bond motifs is 1. The molecule has 3 aromatic rings. The number of H-pyrrole nitrogens is 1. The number of para-hydroxylation sites is 1. The van der Waals surface area contributed by atoms with Gasteiger partial charge in [0, 0.05) is 34.9 Å². The molecule has 0 aliphatic carbocycles. The summed E-state index contributed by atoms with van der Waals surface area (Å²) in [6.45, 7) is 2.64. The number of carbonyl (C=O) groups is 3. The van der Waals surface area contributed by atoms with Crippen LogP contribution in [0.2, 0.25) is 0 Å². The third kappa shape index (κ3) is 3.88. The molecule has 1 saturated heterocycles. The summed E-state index contributed by atoms with van der Waals surface area (Å²) in [6, 6.07) is 10.5. The first kappa shape index (κ1) is 19.2. The van der Waals surface area contributed by atoms with E-state index in [2.05, 4.69) is 10.3 Å². The third-order valence-electron chi connectivity index (χ3n) is 5.16. The van der Waals surface area contributed by atoms with Crippen LogP contribution in [0.1, 0.15) is 17.4 Å². The zero-order valence-corrected chi connectivity index (χ0v) is 16.9. The summed E-state index contributed by atoms with van der Waals surface area (Å²) in [5.41, 5.74) is 1.94. The van der Waals surface area contributed by atoms with Gasteiger partial charge >= 0.3 is 6.03 Å². The second-order valence-corrected chi connectivity index (χ2v) is 8.01. The van der Waals surface area contributed by atoms with Gasteiger partial charge in [-0.1, -0.05) is 24.3 Å². The summed E-state index contributed by atoms with van der Waals surface area (Å²) >= 11 is 1.57. The van der Waals surface area contributed by atoms with Crippen molar-refractivity contribution in [1.82, 2.24) is 20.1 Å². The van der Waals surface area contributed by atoms with Crippen LogP contribution in [0.5, 0.6) is 0 Å². The lowest BCUT2D eigenvalue weighted by Gasteiger charge is -2.22. The van der Waals surface area contributed by atoms with Crippen molar-refractivity contribution in [2.24, 2.45) is 0 Å². The van der Waals surface area contributed by atoms with Gasteiger partial charge in [0.1, 0.15) is 12.6 Å². The zero-order chi connectivity index (χ0) is 20.4. The summed E-state index contributed by atoms with van der Waals surface area (Å²) in [5.74, 6) is -0.599. The fraction of sp³-hybridized carbons (Fsp3) is 0.286. The van der Waals surface area contributed by atoms with Crippen LogP contribution in [0.15, 0.2) is 48.0 Å². The molecule has 29 heavy (non-hydrogen) atoms. The average Bonchev–Trinajstić information content (AvgIpc) is 3.44. The largest absolute Gasteiger partial charge is 0.361 e. The Morgan fingerprint density at radius 1 is 1.21 bits per heavy atom. The monoisotopic (exact) mass is 410 g/mol. The maximum atomic E-state index is 12.8. The molecule has 0 saturated carbocycles. The average molecular weight is 410 g/mol. The van der Waals surface area contributed by atoms with E-state index in [0.29, 0.717) is 19.5 Å². The number of imide groups is 1. The first-order valence-corrected chi connectivity index (χ1v) is 10.4. The van der Waals surface area contributed by atoms with Gasteiger partial charge in [-0.05, 0) is 30.0 Å². The lowest BCUT2D eigenvalue weighted by atomic mass is 10.1. The van der Waals surface area contributed by atoms with Gasteiger partial charge in [-0.25, -0.2) is 4.79 Å². The Hall–Kier alpha value is -3.13. The van der Waals surface area contributed by atoms with Crippen LogP contribution >= 0.6 is 11.3 Å². The maximum Gasteiger partial charge on any atom is 0.325 e. The highest BCUT2D eigenvalue weighted by molar-refractivity contribution is 7.09. The quantitative estimate of drug-likeness (QED) is 0.588. The second-order valence-electron chi connectivity index (χ2n) is 6.98. The fourth-order valence-corrected chi connectivity index (χ4v) is 4.31. The number of hydrogen-bond acceptors (Lipinski definition) is 4. The molecule has 3 heterocycles. The van der Waals surface area contributed by atoms with E-state index in [1.807, 2.05) is 54.9 Å². The Balaban J connectivity index is 1.43. The molecule has 1 aliphatic rings. The van der Waals surface area contributed by atoms with E-state index in [0.717, 1.165) is 26.2 Å². The van der Waals surface area contributed by atoms with Crippen molar-refractivity contribution in [3.63, 3.8) is 0 Å². The van der Waals surface area contributed by atoms with Crippen molar-refractivity contribution in [3.05, 3.63) is 58.4 Å². The lowest BCUT2D eigenvalue weighted by Crippen LogP contribution is -2.43. The molecule has 2 aromatic heterocycles. The first-order chi connectivity index (χ1) is 14.1. The highest BCUT2D eigenvalue weighted by Crippen LogP contribution is 2.21. The van der Waals surface area contributed by atoms with Crippen LogP contribution in [0.25, 0.3) is 10.9 Å². The van der Waals surface area contributed by atoms with Gasteiger partial charge in [-0.15, -0.1) is 11.3 Å². The van der Waals surface area contributed by atoms with Crippen LogP contribution in [-0.2, 0) is 22.6 Å². The molecule has 1 fully saturated rings. The first-order valence-electron chi connectivity index (χ1n) is 9.54. The van der Waals surface area contributed by atoms with Crippen LogP contribution < -0.4 is 5.32 Å². The van der Waals surface area contributed by atoms with E-state index in [9.17, 15) is 14.4 Å². The molecular formula is C21H22N4O3S. The van der Waals surface area contributed by atoms with Crippen molar-refractivity contribution in [2.45, 2.75) is 25.9 Å². The Morgan fingerprint density at radius 3 is 2.79 bits per heavy atom. The molecule has 7 nitrogen and oxygen atoms in total. The zero-order valence-electron chi connectivity index (χ0n) is 16.1. The number of thiophene rings is 1. The second kappa shape index (κ2) is 8.08. The van der Waals surface area contributed by atoms with E-state index in [-0.39, 0.29) is 18.4 Å². The highest BCUT2D eigenvalue weighted by atomic mass is 32.1. The molecule has 150 valence electrons. The number of hydrogen-bond donors (Lipinski definition) is 2. The van der Waals surface area contributed by atoms with E-state index >= 15 is 0 Å². The van der Waals surface area contributed by atoms with Gasteiger partial charge in [0.25, 0.3) is 5.91 Å². The van der Waals surface area contributed by atoms with Crippen molar-refractivity contribution in [3.8, 4) is 0 Å². The molecule has 2 N–H and O–H groups in total. The van der Waals surface area contributed by atoms with Gasteiger partial charge in [-0.3, -0.25) is 14.5 Å². The van der Waals surface area contributed by atoms with Gasteiger partial charge < -0.3 is 15.2 Å². The summed E-state index contributed by atoms with van der Waals surface area (Å²) in [5, 5.41) is 5.70. The Bertz CT molecular complexity index is 1040. The molecule has 1 aliphatic heterocycles. The predicted molar refractivity (Wildman–Crippen MR) is 111 cm³/mol. The number of nitrogens with one attached hydrogen (secondary N) is 2. The molecule has 0 bridgehead atoms. The van der Waals surface area contributed by atoms with Crippen LogP contribution in [-0.4, -0.2) is 51.8 Å². The van der Waals surface area contributed by atoms with Crippen molar-refractivity contribution in [2.75, 3.05) is 13.1 Å². The number of rotatable bonds is 7. The Labute approximate surface area is 172 Å². The molecule has 1 unspecified atom stereocenters. The topological polar surface area (TPSA) is 85.5 Å². The maximum absolute atomic E-state index is 12.8. The molecular weight excluding hydrogens is 388 g/mol. The SMILES string of the molecule is CCN(Cc1cccs1)C(=O)CN1C(=O)NC(Cc2c[nH]c3ccccc23)C1=O. The lowest BCUT2D eigenvalue weighted by molar-refractivity contribution is -0.137. The molecule has 4 rings (SSSR count). The minimum absolute atomic E-state index is 0.239. The van der Waals surface area contributed by atoms with Crippen LogP contribution in [0.3, 0.4) is 0 Å². The number of urea groups is 1. The Kier molecular flexibility index (Phi) is 5.35.